The first-order valence-electron chi connectivity index (χ1n) is 12.0. The zero-order chi connectivity index (χ0) is 26.9. The van der Waals surface area contributed by atoms with E-state index in [1.807, 2.05) is 6.07 Å². The van der Waals surface area contributed by atoms with Gasteiger partial charge in [0.05, 0.1) is 18.6 Å². The highest BCUT2D eigenvalue weighted by atomic mass is 32.1. The number of rotatable bonds is 8. The highest BCUT2D eigenvalue weighted by molar-refractivity contribution is 7.21. The number of thiazole rings is 1. The van der Waals surface area contributed by atoms with E-state index in [1.54, 1.807) is 62.4 Å². The maximum Gasteiger partial charge on any atom is 0.255 e. The SMILES string of the molecule is COc1ccc(NC(=O)c2cccc(C(C)(C)C#N)c2)cc1Oc1ccc2nc(NC(=O)C3CC3)sc2n1. The highest BCUT2D eigenvalue weighted by Gasteiger charge is 2.30. The van der Waals surface area contributed by atoms with Crippen molar-refractivity contribution in [1.82, 2.24) is 9.97 Å². The summed E-state index contributed by atoms with van der Waals surface area (Å²) in [7, 11) is 1.53. The Labute approximate surface area is 223 Å². The van der Waals surface area contributed by atoms with E-state index in [1.165, 1.54) is 18.4 Å². The van der Waals surface area contributed by atoms with E-state index in [9.17, 15) is 14.9 Å². The Morgan fingerprint density at radius 1 is 1.05 bits per heavy atom. The van der Waals surface area contributed by atoms with Crippen LogP contribution in [0.25, 0.3) is 10.3 Å². The maximum atomic E-state index is 13.0. The predicted octanol–water partition coefficient (Wildman–Crippen LogP) is 5.89. The van der Waals surface area contributed by atoms with Gasteiger partial charge in [0.15, 0.2) is 16.6 Å². The number of nitrogens with zero attached hydrogens (tertiary/aromatic N) is 3. The smallest absolute Gasteiger partial charge is 0.255 e. The molecule has 0 aliphatic heterocycles. The van der Waals surface area contributed by atoms with Gasteiger partial charge in [-0.1, -0.05) is 23.5 Å². The van der Waals surface area contributed by atoms with Crippen LogP contribution >= 0.6 is 11.3 Å². The zero-order valence-corrected chi connectivity index (χ0v) is 21.9. The van der Waals surface area contributed by atoms with Crippen molar-refractivity contribution >= 4 is 44.3 Å². The van der Waals surface area contributed by atoms with Crippen LogP contribution in [0.3, 0.4) is 0 Å². The lowest BCUT2D eigenvalue weighted by Crippen LogP contribution is -2.17. The van der Waals surface area contributed by atoms with E-state index < -0.39 is 5.41 Å². The molecule has 0 saturated heterocycles. The quantitative estimate of drug-likeness (QED) is 0.292. The number of hydrogen-bond donors (Lipinski definition) is 2. The fourth-order valence-corrected chi connectivity index (χ4v) is 4.56. The number of anilines is 2. The minimum Gasteiger partial charge on any atom is -0.493 e. The lowest BCUT2D eigenvalue weighted by Gasteiger charge is -2.17. The average Bonchev–Trinajstić information content (AvgIpc) is 3.69. The van der Waals surface area contributed by atoms with Gasteiger partial charge >= 0.3 is 0 Å². The molecular weight excluding hydrogens is 502 g/mol. The minimum absolute atomic E-state index is 0.00960. The molecular formula is C28H25N5O4S. The summed E-state index contributed by atoms with van der Waals surface area (Å²) in [6.45, 7) is 3.61. The number of nitrogens with one attached hydrogen (secondary N) is 2. The Morgan fingerprint density at radius 3 is 2.61 bits per heavy atom. The number of fused-ring (bicyclic) bond motifs is 1. The number of methoxy groups -OCH3 is 1. The summed E-state index contributed by atoms with van der Waals surface area (Å²) in [6, 6.07) is 17.8. The van der Waals surface area contributed by atoms with Crippen molar-refractivity contribution in [2.24, 2.45) is 5.92 Å². The molecule has 9 nitrogen and oxygen atoms in total. The van der Waals surface area contributed by atoms with Crippen molar-refractivity contribution in [2.75, 3.05) is 17.7 Å². The minimum atomic E-state index is -0.715. The van der Waals surface area contributed by atoms with Crippen molar-refractivity contribution in [1.29, 1.82) is 5.26 Å². The van der Waals surface area contributed by atoms with Crippen LogP contribution in [-0.2, 0) is 10.2 Å². The van der Waals surface area contributed by atoms with Gasteiger partial charge in [-0.3, -0.25) is 9.59 Å². The molecule has 38 heavy (non-hydrogen) atoms. The number of carbonyl (C=O) groups is 2. The first-order valence-corrected chi connectivity index (χ1v) is 12.8. The van der Waals surface area contributed by atoms with E-state index in [-0.39, 0.29) is 17.7 Å². The van der Waals surface area contributed by atoms with Gasteiger partial charge in [0.1, 0.15) is 10.3 Å². The molecule has 2 aromatic carbocycles. The number of nitriles is 1. The Hall–Kier alpha value is -4.49. The van der Waals surface area contributed by atoms with E-state index in [0.717, 1.165) is 18.4 Å². The molecule has 1 saturated carbocycles. The zero-order valence-electron chi connectivity index (χ0n) is 21.1. The lowest BCUT2D eigenvalue weighted by atomic mass is 9.85. The summed E-state index contributed by atoms with van der Waals surface area (Å²) < 4.78 is 11.5. The molecule has 4 aromatic rings. The molecule has 5 rings (SSSR count). The van der Waals surface area contributed by atoms with E-state index in [0.29, 0.717) is 44.1 Å². The van der Waals surface area contributed by atoms with Crippen molar-refractivity contribution in [3.05, 3.63) is 65.7 Å². The standard InChI is InChI=1S/C28H25N5O4S/c1-28(2,15-29)18-6-4-5-17(13-18)25(35)30-19-9-11-21(36-3)22(14-19)37-23-12-10-20-26(32-23)38-27(31-20)33-24(34)16-7-8-16/h4-6,9-14,16H,7-8H2,1-3H3,(H,30,35)(H,31,33,34). The molecule has 0 radical (unpaired) electrons. The van der Waals surface area contributed by atoms with Crippen LogP contribution < -0.4 is 20.1 Å². The molecule has 0 bridgehead atoms. The molecule has 2 heterocycles. The molecule has 10 heteroatoms. The summed E-state index contributed by atoms with van der Waals surface area (Å²) in [6.07, 6.45) is 1.83. The number of amides is 2. The third kappa shape index (κ3) is 5.43. The Morgan fingerprint density at radius 2 is 1.87 bits per heavy atom. The molecule has 1 aliphatic carbocycles. The molecule has 2 amide bonds. The van der Waals surface area contributed by atoms with Crippen LogP contribution in [0.1, 0.15) is 42.6 Å². The largest absolute Gasteiger partial charge is 0.493 e. The number of ether oxygens (including phenoxy) is 2. The van der Waals surface area contributed by atoms with Crippen molar-refractivity contribution in [3.8, 4) is 23.4 Å². The average molecular weight is 528 g/mol. The first-order chi connectivity index (χ1) is 18.3. The topological polar surface area (TPSA) is 126 Å². The van der Waals surface area contributed by atoms with Gasteiger partial charge in [-0.15, -0.1) is 0 Å². The fraction of sp³-hybridized carbons (Fsp3) is 0.250. The number of carbonyl (C=O) groups excluding carboxylic acids is 2. The van der Waals surface area contributed by atoms with E-state index in [2.05, 4.69) is 26.7 Å². The normalized spacial score (nSPS) is 13.0. The lowest BCUT2D eigenvalue weighted by molar-refractivity contribution is -0.117. The molecule has 0 atom stereocenters. The molecule has 0 unspecified atom stereocenters. The number of benzene rings is 2. The molecule has 2 N–H and O–H groups in total. The molecule has 1 aliphatic rings. The molecule has 1 fully saturated rings. The fourth-order valence-electron chi connectivity index (χ4n) is 3.73. The van der Waals surface area contributed by atoms with Crippen LogP contribution in [0.15, 0.2) is 54.6 Å². The van der Waals surface area contributed by atoms with Crippen LogP contribution in [0.4, 0.5) is 10.8 Å². The van der Waals surface area contributed by atoms with Gasteiger partial charge in [0, 0.05) is 29.3 Å². The van der Waals surface area contributed by atoms with Crippen LogP contribution in [0, 0.1) is 17.2 Å². The number of pyridine rings is 1. The van der Waals surface area contributed by atoms with Gasteiger partial charge in [-0.2, -0.15) is 5.26 Å². The Kier molecular flexibility index (Phi) is 6.70. The van der Waals surface area contributed by atoms with E-state index in [4.69, 9.17) is 9.47 Å². The molecule has 192 valence electrons. The molecule has 2 aromatic heterocycles. The summed E-state index contributed by atoms with van der Waals surface area (Å²) in [5, 5.41) is 15.7. The van der Waals surface area contributed by atoms with Crippen LogP contribution in [0.2, 0.25) is 0 Å². The van der Waals surface area contributed by atoms with Gasteiger partial charge in [-0.05, 0) is 62.6 Å². The second-order valence-corrected chi connectivity index (χ2v) is 10.5. The number of hydrogen-bond acceptors (Lipinski definition) is 8. The summed E-state index contributed by atoms with van der Waals surface area (Å²) in [4.78, 5) is 34.6. The van der Waals surface area contributed by atoms with Gasteiger partial charge in [0.2, 0.25) is 11.8 Å². The van der Waals surface area contributed by atoms with Gasteiger partial charge < -0.3 is 20.1 Å². The van der Waals surface area contributed by atoms with E-state index >= 15 is 0 Å². The predicted molar refractivity (Wildman–Crippen MR) is 145 cm³/mol. The van der Waals surface area contributed by atoms with Gasteiger partial charge in [-0.25, -0.2) is 9.97 Å². The van der Waals surface area contributed by atoms with Crippen LogP contribution in [0.5, 0.6) is 17.4 Å². The third-order valence-electron chi connectivity index (χ3n) is 6.17. The maximum absolute atomic E-state index is 13.0. The summed E-state index contributed by atoms with van der Waals surface area (Å²) in [5.41, 5.74) is 1.63. The number of aromatic nitrogens is 2. The second kappa shape index (κ2) is 10.1. The Bertz CT molecular complexity index is 1590. The first kappa shape index (κ1) is 25.2. The molecule has 0 spiro atoms. The summed E-state index contributed by atoms with van der Waals surface area (Å²) >= 11 is 1.28. The van der Waals surface area contributed by atoms with Crippen molar-refractivity contribution in [3.63, 3.8) is 0 Å². The second-order valence-electron chi connectivity index (χ2n) is 9.50. The highest BCUT2D eigenvalue weighted by Crippen LogP contribution is 2.36. The third-order valence-corrected chi connectivity index (χ3v) is 7.05. The van der Waals surface area contributed by atoms with Crippen LogP contribution in [-0.4, -0.2) is 28.9 Å². The van der Waals surface area contributed by atoms with Crippen molar-refractivity contribution in [2.45, 2.75) is 32.1 Å². The van der Waals surface area contributed by atoms with Crippen molar-refractivity contribution < 1.29 is 19.1 Å². The monoisotopic (exact) mass is 527 g/mol. The Balaban J connectivity index is 1.34. The summed E-state index contributed by atoms with van der Waals surface area (Å²) in [5.74, 6) is 0.899. The van der Waals surface area contributed by atoms with Gasteiger partial charge in [0.25, 0.3) is 5.91 Å².